The molecule has 1 unspecified atom stereocenters. The SMILES string of the molecule is CN[C@H](C(=O)O)C(CCCN)N=[N+]=[N-]. The fourth-order valence-electron chi connectivity index (χ4n) is 1.16. The van der Waals surface area contributed by atoms with Gasteiger partial charge in [-0.3, -0.25) is 4.79 Å². The number of hydrogen-bond acceptors (Lipinski definition) is 4. The molecule has 0 radical (unpaired) electrons. The minimum absolute atomic E-state index is 0.452. The fourth-order valence-corrected chi connectivity index (χ4v) is 1.16. The number of carboxylic acid groups (broad SMARTS) is 1. The topological polar surface area (TPSA) is 124 Å². The second-order valence-corrected chi connectivity index (χ2v) is 2.81. The van der Waals surface area contributed by atoms with Gasteiger partial charge in [-0.2, -0.15) is 0 Å². The number of azide groups is 1. The summed E-state index contributed by atoms with van der Waals surface area (Å²) in [5, 5.41) is 14.8. The Kier molecular flexibility index (Phi) is 6.47. The zero-order valence-electron chi connectivity index (χ0n) is 8.05. The van der Waals surface area contributed by atoms with Gasteiger partial charge in [0.05, 0.1) is 6.04 Å². The number of carbonyl (C=O) groups is 1. The van der Waals surface area contributed by atoms with Crippen LogP contribution in [0.5, 0.6) is 0 Å². The molecule has 0 aromatic carbocycles. The number of rotatable bonds is 7. The van der Waals surface area contributed by atoms with Crippen molar-refractivity contribution < 1.29 is 9.90 Å². The number of nitrogens with two attached hydrogens (primary N) is 1. The molecule has 4 N–H and O–H groups in total. The van der Waals surface area contributed by atoms with E-state index in [0.29, 0.717) is 19.4 Å². The first-order chi connectivity index (χ1) is 6.67. The number of nitrogens with one attached hydrogen (secondary N) is 1. The molecule has 0 bridgehead atoms. The summed E-state index contributed by atoms with van der Waals surface area (Å²) < 4.78 is 0. The standard InChI is InChI=1S/C7H15N5O2/c1-10-6(7(13)14)5(11-12-9)3-2-4-8/h5-6,10H,2-4,8H2,1H3,(H,13,14)/t5?,6-/m0/s1. The van der Waals surface area contributed by atoms with Crippen LogP contribution < -0.4 is 11.1 Å². The first-order valence-corrected chi connectivity index (χ1v) is 4.31. The molecule has 0 saturated carbocycles. The van der Waals surface area contributed by atoms with Crippen molar-refractivity contribution in [2.75, 3.05) is 13.6 Å². The predicted octanol–water partition coefficient (Wildman–Crippen LogP) is 0.0768. The maximum atomic E-state index is 10.7. The van der Waals surface area contributed by atoms with Crippen molar-refractivity contribution in [3.8, 4) is 0 Å². The van der Waals surface area contributed by atoms with E-state index < -0.39 is 18.1 Å². The Morgan fingerprint density at radius 3 is 2.79 bits per heavy atom. The van der Waals surface area contributed by atoms with Gasteiger partial charge in [-0.05, 0) is 32.0 Å². The quantitative estimate of drug-likeness (QED) is 0.306. The van der Waals surface area contributed by atoms with E-state index in [1.165, 1.54) is 7.05 Å². The molecule has 0 aromatic heterocycles. The number of nitrogens with zero attached hydrogens (tertiary/aromatic N) is 3. The minimum atomic E-state index is -1.03. The average Bonchev–Trinajstić information content (AvgIpc) is 2.14. The van der Waals surface area contributed by atoms with Gasteiger partial charge >= 0.3 is 5.97 Å². The Balaban J connectivity index is 4.42. The molecule has 0 aliphatic heterocycles. The largest absolute Gasteiger partial charge is 0.480 e. The fraction of sp³-hybridized carbons (Fsp3) is 0.857. The monoisotopic (exact) mass is 201 g/mol. The lowest BCUT2D eigenvalue weighted by Crippen LogP contribution is -2.43. The van der Waals surface area contributed by atoms with Crippen molar-refractivity contribution in [1.82, 2.24) is 5.32 Å². The second-order valence-electron chi connectivity index (χ2n) is 2.81. The summed E-state index contributed by atoms with van der Waals surface area (Å²) in [6.07, 6.45) is 1.10. The molecular formula is C7H15N5O2. The molecule has 0 fully saturated rings. The van der Waals surface area contributed by atoms with Gasteiger partial charge in [-0.1, -0.05) is 5.11 Å². The van der Waals surface area contributed by atoms with Gasteiger partial charge in [0.25, 0.3) is 0 Å². The molecule has 0 rings (SSSR count). The molecule has 14 heavy (non-hydrogen) atoms. The van der Waals surface area contributed by atoms with Crippen LogP contribution in [0.2, 0.25) is 0 Å². The van der Waals surface area contributed by atoms with E-state index in [2.05, 4.69) is 15.3 Å². The van der Waals surface area contributed by atoms with Crippen molar-refractivity contribution in [2.45, 2.75) is 24.9 Å². The summed E-state index contributed by atoms with van der Waals surface area (Å²) in [6, 6.07) is -1.44. The Labute approximate surface area is 81.9 Å². The first kappa shape index (κ1) is 12.7. The molecule has 0 aliphatic carbocycles. The predicted molar refractivity (Wildman–Crippen MR) is 51.7 cm³/mol. The lowest BCUT2D eigenvalue weighted by Gasteiger charge is -2.18. The Bertz CT molecular complexity index is 226. The van der Waals surface area contributed by atoms with Gasteiger partial charge in [0.1, 0.15) is 6.04 Å². The molecule has 0 heterocycles. The third-order valence-corrected chi connectivity index (χ3v) is 1.87. The zero-order valence-corrected chi connectivity index (χ0v) is 8.05. The van der Waals surface area contributed by atoms with Gasteiger partial charge in [0.2, 0.25) is 0 Å². The molecule has 0 aromatic rings. The highest BCUT2D eigenvalue weighted by molar-refractivity contribution is 5.74. The Hall–Kier alpha value is -1.30. The highest BCUT2D eigenvalue weighted by atomic mass is 16.4. The van der Waals surface area contributed by atoms with Crippen LogP contribution in [0.4, 0.5) is 0 Å². The van der Waals surface area contributed by atoms with Crippen LogP contribution >= 0.6 is 0 Å². The molecule has 80 valence electrons. The van der Waals surface area contributed by atoms with Crippen LogP contribution in [-0.4, -0.2) is 36.8 Å². The summed E-state index contributed by atoms with van der Waals surface area (Å²) in [4.78, 5) is 13.4. The van der Waals surface area contributed by atoms with Crippen molar-refractivity contribution in [2.24, 2.45) is 10.8 Å². The second kappa shape index (κ2) is 7.14. The lowest BCUT2D eigenvalue weighted by atomic mass is 10.0. The molecule has 2 atom stereocenters. The van der Waals surface area contributed by atoms with E-state index in [-0.39, 0.29) is 0 Å². The molecule has 7 heteroatoms. The van der Waals surface area contributed by atoms with Crippen molar-refractivity contribution >= 4 is 5.97 Å². The van der Waals surface area contributed by atoms with Crippen molar-refractivity contribution in [3.05, 3.63) is 10.4 Å². The first-order valence-electron chi connectivity index (χ1n) is 4.31. The maximum Gasteiger partial charge on any atom is 0.321 e. The summed E-state index contributed by atoms with van der Waals surface area (Å²) in [7, 11) is 1.52. The van der Waals surface area contributed by atoms with E-state index >= 15 is 0 Å². The number of hydrogen-bond donors (Lipinski definition) is 3. The summed E-state index contributed by atoms with van der Waals surface area (Å²) >= 11 is 0. The van der Waals surface area contributed by atoms with Gasteiger partial charge in [0, 0.05) is 4.91 Å². The average molecular weight is 201 g/mol. The third kappa shape index (κ3) is 4.08. The molecule has 7 nitrogen and oxygen atoms in total. The Morgan fingerprint density at radius 2 is 2.43 bits per heavy atom. The molecular weight excluding hydrogens is 186 g/mol. The van der Waals surface area contributed by atoms with E-state index in [0.717, 1.165) is 0 Å². The van der Waals surface area contributed by atoms with Crippen molar-refractivity contribution in [3.63, 3.8) is 0 Å². The van der Waals surface area contributed by atoms with Gasteiger partial charge < -0.3 is 16.2 Å². The number of likely N-dealkylation sites (N-methyl/N-ethyl adjacent to an activating group) is 1. The molecule has 0 aliphatic rings. The van der Waals surface area contributed by atoms with Gasteiger partial charge in [-0.15, -0.1) is 0 Å². The zero-order chi connectivity index (χ0) is 11.0. The van der Waals surface area contributed by atoms with E-state index in [9.17, 15) is 4.79 Å². The summed E-state index contributed by atoms with van der Waals surface area (Å²) in [5.41, 5.74) is 13.6. The van der Waals surface area contributed by atoms with Crippen LogP contribution in [0.3, 0.4) is 0 Å². The lowest BCUT2D eigenvalue weighted by molar-refractivity contribution is -0.139. The van der Waals surface area contributed by atoms with Crippen LogP contribution in [0, 0.1) is 0 Å². The Morgan fingerprint density at radius 1 is 1.79 bits per heavy atom. The summed E-state index contributed by atoms with van der Waals surface area (Å²) in [6.45, 7) is 0.452. The van der Waals surface area contributed by atoms with Gasteiger partial charge in [0.15, 0.2) is 0 Å². The minimum Gasteiger partial charge on any atom is -0.480 e. The van der Waals surface area contributed by atoms with E-state index in [1.54, 1.807) is 0 Å². The van der Waals surface area contributed by atoms with Gasteiger partial charge in [-0.25, -0.2) is 0 Å². The highest BCUT2D eigenvalue weighted by Gasteiger charge is 2.24. The van der Waals surface area contributed by atoms with Crippen LogP contribution in [0.15, 0.2) is 5.11 Å². The highest BCUT2D eigenvalue weighted by Crippen LogP contribution is 2.07. The van der Waals surface area contributed by atoms with E-state index in [4.69, 9.17) is 16.4 Å². The summed E-state index contributed by atoms with van der Waals surface area (Å²) in [5.74, 6) is -1.03. The molecule has 0 saturated heterocycles. The third-order valence-electron chi connectivity index (χ3n) is 1.87. The molecule has 0 amide bonds. The van der Waals surface area contributed by atoms with Crippen LogP contribution in [0.25, 0.3) is 10.4 Å². The van der Waals surface area contributed by atoms with Crippen LogP contribution in [0.1, 0.15) is 12.8 Å². The molecule has 0 spiro atoms. The van der Waals surface area contributed by atoms with E-state index in [1.807, 2.05) is 0 Å². The normalized spacial score (nSPS) is 14.1. The number of carboxylic acids is 1. The van der Waals surface area contributed by atoms with Crippen LogP contribution in [-0.2, 0) is 4.79 Å². The number of aliphatic carboxylic acids is 1. The van der Waals surface area contributed by atoms with Crippen molar-refractivity contribution in [1.29, 1.82) is 0 Å². The smallest absolute Gasteiger partial charge is 0.321 e. The maximum absolute atomic E-state index is 10.7.